The molecule has 0 saturated carbocycles. The standard InChI is InChI=1S/C24H16FNO2/c25-19-13-11-17(12-14-19)23(27)18-7-3-8-20(15-18)26-24(28)22-10-4-6-16-5-1-2-9-21(16)22/h1-15H,(H,26,28). The zero-order valence-corrected chi connectivity index (χ0v) is 14.9. The van der Waals surface area contributed by atoms with E-state index in [9.17, 15) is 14.0 Å². The minimum absolute atomic E-state index is 0.235. The van der Waals surface area contributed by atoms with Gasteiger partial charge in [0, 0.05) is 22.4 Å². The molecule has 4 aromatic rings. The van der Waals surface area contributed by atoms with Gasteiger partial charge < -0.3 is 5.32 Å². The van der Waals surface area contributed by atoms with E-state index in [2.05, 4.69) is 5.32 Å². The first-order valence-corrected chi connectivity index (χ1v) is 8.81. The number of hydrogen-bond donors (Lipinski definition) is 1. The number of benzene rings is 4. The molecule has 0 aliphatic carbocycles. The minimum atomic E-state index is -0.396. The summed E-state index contributed by atoms with van der Waals surface area (Å²) in [5, 5.41) is 4.70. The van der Waals surface area contributed by atoms with Crippen molar-refractivity contribution in [2.24, 2.45) is 0 Å². The molecule has 0 bridgehead atoms. The fourth-order valence-corrected chi connectivity index (χ4v) is 3.13. The van der Waals surface area contributed by atoms with Crippen LogP contribution < -0.4 is 5.32 Å². The summed E-state index contributed by atoms with van der Waals surface area (Å²) in [5.74, 6) is -0.878. The lowest BCUT2D eigenvalue weighted by Crippen LogP contribution is -2.13. The Kier molecular flexibility index (Phi) is 4.68. The average molecular weight is 369 g/mol. The molecule has 4 aromatic carbocycles. The molecule has 0 atom stereocenters. The highest BCUT2D eigenvalue weighted by atomic mass is 19.1. The van der Waals surface area contributed by atoms with E-state index in [0.717, 1.165) is 10.8 Å². The molecular weight excluding hydrogens is 353 g/mol. The van der Waals surface area contributed by atoms with Gasteiger partial charge in [-0.1, -0.05) is 48.5 Å². The highest BCUT2D eigenvalue weighted by Gasteiger charge is 2.13. The summed E-state index contributed by atoms with van der Waals surface area (Å²) in [6, 6.07) is 25.3. The van der Waals surface area contributed by atoms with Crippen molar-refractivity contribution in [2.75, 3.05) is 5.32 Å². The monoisotopic (exact) mass is 369 g/mol. The molecule has 0 aliphatic rings. The van der Waals surface area contributed by atoms with Crippen LogP contribution in [0.4, 0.5) is 10.1 Å². The fraction of sp³-hybridized carbons (Fsp3) is 0. The summed E-state index contributed by atoms with van der Waals surface area (Å²) in [4.78, 5) is 25.4. The van der Waals surface area contributed by atoms with Crippen LogP contribution in [0.25, 0.3) is 10.8 Å². The zero-order valence-electron chi connectivity index (χ0n) is 14.9. The fourth-order valence-electron chi connectivity index (χ4n) is 3.13. The Balaban J connectivity index is 1.60. The van der Waals surface area contributed by atoms with E-state index in [1.54, 1.807) is 30.3 Å². The summed E-state index contributed by atoms with van der Waals surface area (Å²) >= 11 is 0. The van der Waals surface area contributed by atoms with Gasteiger partial charge in [0.15, 0.2) is 5.78 Å². The third-order valence-electron chi connectivity index (χ3n) is 4.52. The molecule has 136 valence electrons. The Bertz CT molecular complexity index is 1180. The normalized spacial score (nSPS) is 10.6. The van der Waals surface area contributed by atoms with E-state index in [1.807, 2.05) is 36.4 Å². The van der Waals surface area contributed by atoms with Crippen LogP contribution >= 0.6 is 0 Å². The minimum Gasteiger partial charge on any atom is -0.322 e. The Labute approximate surface area is 161 Å². The van der Waals surface area contributed by atoms with Crippen LogP contribution in [0.3, 0.4) is 0 Å². The molecule has 0 spiro atoms. The first-order chi connectivity index (χ1) is 13.6. The van der Waals surface area contributed by atoms with E-state index in [1.165, 1.54) is 24.3 Å². The summed E-state index contributed by atoms with van der Waals surface area (Å²) in [6.07, 6.45) is 0. The highest BCUT2D eigenvalue weighted by molar-refractivity contribution is 6.14. The molecule has 0 aromatic heterocycles. The highest BCUT2D eigenvalue weighted by Crippen LogP contribution is 2.21. The summed E-state index contributed by atoms with van der Waals surface area (Å²) in [7, 11) is 0. The predicted molar refractivity (Wildman–Crippen MR) is 108 cm³/mol. The molecule has 1 amide bonds. The Morgan fingerprint density at radius 3 is 2.25 bits per heavy atom. The molecule has 0 radical (unpaired) electrons. The van der Waals surface area contributed by atoms with E-state index >= 15 is 0 Å². The van der Waals surface area contributed by atoms with Crippen LogP contribution in [0.15, 0.2) is 91.0 Å². The first-order valence-electron chi connectivity index (χ1n) is 8.81. The van der Waals surface area contributed by atoms with Crippen molar-refractivity contribution < 1.29 is 14.0 Å². The molecule has 0 heterocycles. The lowest BCUT2D eigenvalue weighted by molar-refractivity contribution is 0.102. The van der Waals surface area contributed by atoms with E-state index in [4.69, 9.17) is 0 Å². The summed E-state index contributed by atoms with van der Waals surface area (Å²) in [6.45, 7) is 0. The topological polar surface area (TPSA) is 46.2 Å². The van der Waals surface area contributed by atoms with Crippen molar-refractivity contribution in [2.45, 2.75) is 0 Å². The third kappa shape index (κ3) is 3.53. The average Bonchev–Trinajstić information content (AvgIpc) is 2.73. The van der Waals surface area contributed by atoms with Gasteiger partial charge in [-0.3, -0.25) is 9.59 Å². The molecular formula is C24H16FNO2. The van der Waals surface area contributed by atoms with Crippen LogP contribution in [0.2, 0.25) is 0 Å². The van der Waals surface area contributed by atoms with Gasteiger partial charge in [-0.2, -0.15) is 0 Å². The number of fused-ring (bicyclic) bond motifs is 1. The molecule has 4 heteroatoms. The number of carbonyl (C=O) groups is 2. The number of rotatable bonds is 4. The number of anilines is 1. The van der Waals surface area contributed by atoms with Gasteiger partial charge in [-0.05, 0) is 53.2 Å². The van der Waals surface area contributed by atoms with Gasteiger partial charge in [-0.25, -0.2) is 4.39 Å². The SMILES string of the molecule is O=C(c1ccc(F)cc1)c1cccc(NC(=O)c2cccc3ccccc23)c1. The summed E-state index contributed by atoms with van der Waals surface area (Å²) < 4.78 is 13.1. The number of carbonyl (C=O) groups excluding carboxylic acids is 2. The molecule has 4 rings (SSSR count). The maximum atomic E-state index is 13.1. The van der Waals surface area contributed by atoms with E-state index in [-0.39, 0.29) is 11.7 Å². The van der Waals surface area contributed by atoms with Crippen molar-refractivity contribution in [3.05, 3.63) is 114 Å². The van der Waals surface area contributed by atoms with Crippen molar-refractivity contribution >= 4 is 28.2 Å². The smallest absolute Gasteiger partial charge is 0.256 e. The van der Waals surface area contributed by atoms with Crippen molar-refractivity contribution in [1.82, 2.24) is 0 Å². The molecule has 1 N–H and O–H groups in total. The lowest BCUT2D eigenvalue weighted by atomic mass is 10.0. The molecule has 0 unspecified atom stereocenters. The molecule has 28 heavy (non-hydrogen) atoms. The largest absolute Gasteiger partial charge is 0.322 e. The van der Waals surface area contributed by atoms with Crippen molar-refractivity contribution in [3.8, 4) is 0 Å². The second kappa shape index (κ2) is 7.45. The molecule has 3 nitrogen and oxygen atoms in total. The van der Waals surface area contributed by atoms with E-state index in [0.29, 0.717) is 22.4 Å². The number of nitrogens with one attached hydrogen (secondary N) is 1. The van der Waals surface area contributed by atoms with Gasteiger partial charge >= 0.3 is 0 Å². The van der Waals surface area contributed by atoms with Gasteiger partial charge in [0.25, 0.3) is 5.91 Å². The van der Waals surface area contributed by atoms with Crippen molar-refractivity contribution in [1.29, 1.82) is 0 Å². The Morgan fingerprint density at radius 1 is 0.714 bits per heavy atom. The van der Waals surface area contributed by atoms with Crippen LogP contribution in [0, 0.1) is 5.82 Å². The molecule has 0 saturated heterocycles. The van der Waals surface area contributed by atoms with Gasteiger partial charge in [0.1, 0.15) is 5.82 Å². The number of halogens is 1. The molecule has 0 fully saturated rings. The Hall–Kier alpha value is -3.79. The first kappa shape index (κ1) is 17.6. The third-order valence-corrected chi connectivity index (χ3v) is 4.52. The van der Waals surface area contributed by atoms with Gasteiger partial charge in [0.05, 0.1) is 0 Å². The van der Waals surface area contributed by atoms with Crippen molar-refractivity contribution in [3.63, 3.8) is 0 Å². The quantitative estimate of drug-likeness (QED) is 0.485. The second-order valence-electron chi connectivity index (χ2n) is 6.40. The van der Waals surface area contributed by atoms with Crippen LogP contribution in [0.5, 0.6) is 0 Å². The number of hydrogen-bond acceptors (Lipinski definition) is 2. The molecule has 0 aliphatic heterocycles. The second-order valence-corrected chi connectivity index (χ2v) is 6.40. The van der Waals surface area contributed by atoms with E-state index < -0.39 is 5.82 Å². The maximum absolute atomic E-state index is 13.1. The maximum Gasteiger partial charge on any atom is 0.256 e. The predicted octanol–water partition coefficient (Wildman–Crippen LogP) is 5.46. The number of amides is 1. The van der Waals surface area contributed by atoms with Crippen LogP contribution in [0.1, 0.15) is 26.3 Å². The zero-order chi connectivity index (χ0) is 19.5. The lowest BCUT2D eigenvalue weighted by Gasteiger charge is -2.09. The van der Waals surface area contributed by atoms with Gasteiger partial charge in [0.2, 0.25) is 0 Å². The number of ketones is 1. The summed E-state index contributed by atoms with van der Waals surface area (Å²) in [5.41, 5.74) is 1.89. The van der Waals surface area contributed by atoms with Crippen LogP contribution in [-0.4, -0.2) is 11.7 Å². The van der Waals surface area contributed by atoms with Crippen LogP contribution in [-0.2, 0) is 0 Å². The Morgan fingerprint density at radius 2 is 1.43 bits per heavy atom. The van der Waals surface area contributed by atoms with Gasteiger partial charge in [-0.15, -0.1) is 0 Å².